The lowest BCUT2D eigenvalue weighted by Gasteiger charge is -2.15. The van der Waals surface area contributed by atoms with Gasteiger partial charge in [-0.15, -0.1) is 0 Å². The summed E-state index contributed by atoms with van der Waals surface area (Å²) in [6.45, 7) is 3.72. The topological polar surface area (TPSA) is 127 Å². The normalized spacial score (nSPS) is 12.0. The number of primary amides is 1. The molecule has 1 aromatic heterocycles. The van der Waals surface area contributed by atoms with Crippen molar-refractivity contribution in [1.82, 2.24) is 15.1 Å². The maximum absolute atomic E-state index is 12.4. The number of nitrogens with one attached hydrogen (secondary N) is 1. The van der Waals surface area contributed by atoms with Crippen molar-refractivity contribution in [2.24, 2.45) is 11.7 Å². The van der Waals surface area contributed by atoms with Crippen molar-refractivity contribution >= 4 is 17.8 Å². The van der Waals surface area contributed by atoms with E-state index in [1.165, 1.54) is 10.7 Å². The Kier molecular flexibility index (Phi) is 5.53. The van der Waals surface area contributed by atoms with Crippen LogP contribution in [0, 0.1) is 5.92 Å². The molecule has 1 atom stereocenters. The molecule has 2 rings (SSSR count). The Bertz CT molecular complexity index is 783. The van der Waals surface area contributed by atoms with Crippen LogP contribution in [0.1, 0.15) is 41.2 Å². The molecular formula is C17H20N4O4. The number of benzene rings is 1. The van der Waals surface area contributed by atoms with Crippen molar-refractivity contribution in [3.05, 3.63) is 47.8 Å². The van der Waals surface area contributed by atoms with E-state index in [2.05, 4.69) is 10.4 Å². The molecule has 4 N–H and O–H groups in total. The van der Waals surface area contributed by atoms with Crippen LogP contribution in [0.15, 0.2) is 36.4 Å². The van der Waals surface area contributed by atoms with Crippen LogP contribution in [0.5, 0.6) is 0 Å². The minimum Gasteiger partial charge on any atom is -0.480 e. The molecule has 0 aliphatic rings. The lowest BCUT2D eigenvalue weighted by atomic mass is 10.0. The van der Waals surface area contributed by atoms with Gasteiger partial charge in [0.1, 0.15) is 11.7 Å². The van der Waals surface area contributed by atoms with E-state index in [1.54, 1.807) is 30.3 Å². The lowest BCUT2D eigenvalue weighted by Crippen LogP contribution is -2.41. The van der Waals surface area contributed by atoms with Gasteiger partial charge in [0, 0.05) is 6.07 Å². The Morgan fingerprint density at radius 2 is 1.88 bits per heavy atom. The zero-order chi connectivity index (χ0) is 18.6. The molecule has 0 radical (unpaired) electrons. The van der Waals surface area contributed by atoms with E-state index in [4.69, 9.17) is 5.73 Å². The number of carbonyl (C=O) groups is 3. The number of para-hydroxylation sites is 1. The van der Waals surface area contributed by atoms with Crippen LogP contribution in [0.2, 0.25) is 0 Å². The predicted octanol–water partition coefficient (Wildman–Crippen LogP) is 1.20. The number of aliphatic carboxylic acids is 1. The number of nitrogens with zero attached hydrogens (tertiary/aromatic N) is 2. The maximum Gasteiger partial charge on any atom is 0.326 e. The molecule has 0 fully saturated rings. The third-order valence-electron chi connectivity index (χ3n) is 3.51. The average Bonchev–Trinajstić information content (AvgIpc) is 3.00. The Labute approximate surface area is 144 Å². The van der Waals surface area contributed by atoms with Crippen LogP contribution in [0.4, 0.5) is 0 Å². The Morgan fingerprint density at radius 3 is 2.40 bits per heavy atom. The molecule has 0 saturated carbocycles. The zero-order valence-electron chi connectivity index (χ0n) is 14.0. The number of carbonyl (C=O) groups excluding carboxylic acids is 2. The second-order valence-electron chi connectivity index (χ2n) is 6.02. The van der Waals surface area contributed by atoms with Gasteiger partial charge in [0.25, 0.3) is 11.8 Å². The number of rotatable bonds is 7. The SMILES string of the molecule is CC(C)CC(NC(=O)c1cc(C(N)=O)n(-c2ccccc2)n1)C(=O)O. The first kappa shape index (κ1) is 18.2. The molecule has 2 aromatic rings. The van der Waals surface area contributed by atoms with Crippen LogP contribution in [0.3, 0.4) is 0 Å². The van der Waals surface area contributed by atoms with Crippen LogP contribution in [-0.4, -0.2) is 38.7 Å². The number of aromatic nitrogens is 2. The number of hydrogen-bond acceptors (Lipinski definition) is 4. The fourth-order valence-electron chi connectivity index (χ4n) is 2.36. The van der Waals surface area contributed by atoms with Crippen molar-refractivity contribution in [3.63, 3.8) is 0 Å². The Morgan fingerprint density at radius 1 is 1.24 bits per heavy atom. The van der Waals surface area contributed by atoms with Gasteiger partial charge >= 0.3 is 5.97 Å². The molecular weight excluding hydrogens is 324 g/mol. The van der Waals surface area contributed by atoms with Gasteiger partial charge in [0.2, 0.25) is 0 Å². The monoisotopic (exact) mass is 344 g/mol. The Balaban J connectivity index is 2.31. The first-order valence-corrected chi connectivity index (χ1v) is 7.78. The van der Waals surface area contributed by atoms with Crippen molar-refractivity contribution in [1.29, 1.82) is 0 Å². The van der Waals surface area contributed by atoms with E-state index in [0.717, 1.165) is 0 Å². The van der Waals surface area contributed by atoms with Gasteiger partial charge in [0.15, 0.2) is 5.69 Å². The fraction of sp³-hybridized carbons (Fsp3) is 0.294. The Hall–Kier alpha value is -3.16. The quantitative estimate of drug-likeness (QED) is 0.695. The van der Waals surface area contributed by atoms with Crippen molar-refractivity contribution < 1.29 is 19.5 Å². The second kappa shape index (κ2) is 7.61. The van der Waals surface area contributed by atoms with Crippen LogP contribution < -0.4 is 11.1 Å². The molecule has 0 spiro atoms. The number of carboxylic acids is 1. The summed E-state index contributed by atoms with van der Waals surface area (Å²) in [4.78, 5) is 35.3. The van der Waals surface area contributed by atoms with E-state index in [-0.39, 0.29) is 23.7 Å². The number of amides is 2. The van der Waals surface area contributed by atoms with E-state index >= 15 is 0 Å². The summed E-state index contributed by atoms with van der Waals surface area (Å²) in [5.41, 5.74) is 5.88. The fourth-order valence-corrected chi connectivity index (χ4v) is 2.36. The predicted molar refractivity (Wildman–Crippen MR) is 90.4 cm³/mol. The smallest absolute Gasteiger partial charge is 0.326 e. The second-order valence-corrected chi connectivity index (χ2v) is 6.02. The third-order valence-corrected chi connectivity index (χ3v) is 3.51. The summed E-state index contributed by atoms with van der Waals surface area (Å²) in [6, 6.07) is 8.94. The molecule has 0 aliphatic carbocycles. The molecule has 2 amide bonds. The van der Waals surface area contributed by atoms with Gasteiger partial charge in [-0.05, 0) is 24.5 Å². The van der Waals surface area contributed by atoms with Gasteiger partial charge in [-0.25, -0.2) is 9.48 Å². The van der Waals surface area contributed by atoms with Crippen LogP contribution in [0.25, 0.3) is 5.69 Å². The maximum atomic E-state index is 12.4. The summed E-state index contributed by atoms with van der Waals surface area (Å²) in [5.74, 6) is -2.46. The molecule has 1 unspecified atom stereocenters. The highest BCUT2D eigenvalue weighted by molar-refractivity contribution is 5.98. The van der Waals surface area contributed by atoms with E-state index < -0.39 is 23.8 Å². The van der Waals surface area contributed by atoms with Gasteiger partial charge in [-0.3, -0.25) is 9.59 Å². The van der Waals surface area contributed by atoms with Gasteiger partial charge in [0.05, 0.1) is 5.69 Å². The highest BCUT2D eigenvalue weighted by Crippen LogP contribution is 2.13. The molecule has 132 valence electrons. The highest BCUT2D eigenvalue weighted by Gasteiger charge is 2.24. The molecule has 8 heteroatoms. The molecule has 1 heterocycles. The lowest BCUT2D eigenvalue weighted by molar-refractivity contribution is -0.139. The summed E-state index contributed by atoms with van der Waals surface area (Å²) in [7, 11) is 0. The molecule has 8 nitrogen and oxygen atoms in total. The largest absolute Gasteiger partial charge is 0.480 e. The molecule has 1 aromatic carbocycles. The van der Waals surface area contributed by atoms with E-state index in [9.17, 15) is 19.5 Å². The molecule has 0 aliphatic heterocycles. The summed E-state index contributed by atoms with van der Waals surface area (Å²) in [5, 5.41) is 15.8. The molecule has 0 bridgehead atoms. The highest BCUT2D eigenvalue weighted by atomic mass is 16.4. The van der Waals surface area contributed by atoms with Crippen LogP contribution >= 0.6 is 0 Å². The summed E-state index contributed by atoms with van der Waals surface area (Å²) < 4.78 is 1.26. The average molecular weight is 344 g/mol. The number of hydrogen-bond donors (Lipinski definition) is 3. The standard InChI is InChI=1S/C17H20N4O4/c1-10(2)8-13(17(24)25)19-16(23)12-9-14(15(18)22)21(20-12)11-6-4-3-5-7-11/h3-7,9-10,13H,8H2,1-2H3,(H2,18,22)(H,19,23)(H,24,25). The van der Waals surface area contributed by atoms with E-state index in [1.807, 2.05) is 13.8 Å². The number of nitrogens with two attached hydrogens (primary N) is 1. The van der Waals surface area contributed by atoms with Gasteiger partial charge in [-0.1, -0.05) is 32.0 Å². The van der Waals surface area contributed by atoms with Gasteiger partial charge in [-0.2, -0.15) is 5.10 Å². The minimum absolute atomic E-state index is 0.0343. The van der Waals surface area contributed by atoms with Crippen molar-refractivity contribution in [3.8, 4) is 5.69 Å². The first-order chi connectivity index (χ1) is 11.8. The first-order valence-electron chi connectivity index (χ1n) is 7.78. The number of carboxylic acid groups (broad SMARTS) is 1. The summed E-state index contributed by atoms with van der Waals surface area (Å²) in [6.07, 6.45) is 0.281. The third kappa shape index (κ3) is 4.43. The van der Waals surface area contributed by atoms with E-state index in [0.29, 0.717) is 5.69 Å². The summed E-state index contributed by atoms with van der Waals surface area (Å²) >= 11 is 0. The van der Waals surface area contributed by atoms with Gasteiger partial charge < -0.3 is 16.2 Å². The molecule has 25 heavy (non-hydrogen) atoms. The molecule has 0 saturated heterocycles. The zero-order valence-corrected chi connectivity index (χ0v) is 14.0. The van der Waals surface area contributed by atoms with Crippen LogP contribution in [-0.2, 0) is 4.79 Å². The minimum atomic E-state index is -1.13. The van der Waals surface area contributed by atoms with Crippen molar-refractivity contribution in [2.75, 3.05) is 0 Å². The van der Waals surface area contributed by atoms with Crippen molar-refractivity contribution in [2.45, 2.75) is 26.3 Å².